The predicted molar refractivity (Wildman–Crippen MR) is 86.2 cm³/mol. The van der Waals surface area contributed by atoms with Gasteiger partial charge >= 0.3 is 0 Å². The summed E-state index contributed by atoms with van der Waals surface area (Å²) in [4.78, 5) is 11.8. The van der Waals surface area contributed by atoms with Crippen LogP contribution in [0, 0.1) is 12.7 Å². The van der Waals surface area contributed by atoms with E-state index >= 15 is 0 Å². The Morgan fingerprint density at radius 1 is 1.17 bits per heavy atom. The summed E-state index contributed by atoms with van der Waals surface area (Å²) in [6.07, 6.45) is 5.02. The van der Waals surface area contributed by atoms with Gasteiger partial charge in [0.25, 0.3) is 0 Å². The molecular formula is C17H14FN5. The molecule has 0 amide bonds. The number of aromatic nitrogens is 5. The fraction of sp³-hybridized carbons (Fsp3) is 0.118. The Hall–Kier alpha value is -3.02. The minimum absolute atomic E-state index is 0.362. The van der Waals surface area contributed by atoms with Gasteiger partial charge in [-0.1, -0.05) is 0 Å². The molecular weight excluding hydrogens is 293 g/mol. The Labute approximate surface area is 131 Å². The Balaban J connectivity index is 1.98. The maximum absolute atomic E-state index is 13.2. The van der Waals surface area contributed by atoms with Crippen LogP contribution in [0.15, 0.2) is 42.9 Å². The highest BCUT2D eigenvalue weighted by Gasteiger charge is 2.17. The van der Waals surface area contributed by atoms with Gasteiger partial charge < -0.3 is 4.98 Å². The lowest BCUT2D eigenvalue weighted by atomic mass is 10.0. The molecule has 0 aliphatic carbocycles. The lowest BCUT2D eigenvalue weighted by Gasteiger charge is -2.05. The van der Waals surface area contributed by atoms with Crippen molar-refractivity contribution in [3.05, 3.63) is 54.4 Å². The van der Waals surface area contributed by atoms with Crippen molar-refractivity contribution in [3.8, 4) is 22.5 Å². The van der Waals surface area contributed by atoms with Gasteiger partial charge in [-0.25, -0.2) is 9.37 Å². The number of aryl methyl sites for hydroxylation is 2. The minimum atomic E-state index is -0.362. The summed E-state index contributed by atoms with van der Waals surface area (Å²) in [5, 5.41) is 5.53. The van der Waals surface area contributed by atoms with Crippen LogP contribution in [0.4, 0.5) is 4.39 Å². The third-order valence-electron chi connectivity index (χ3n) is 3.75. The van der Waals surface area contributed by atoms with Crippen molar-refractivity contribution in [2.75, 3.05) is 0 Å². The molecule has 0 fully saturated rings. The highest BCUT2D eigenvalue weighted by Crippen LogP contribution is 2.34. The summed E-state index contributed by atoms with van der Waals surface area (Å²) in [6, 6.07) is 7.06. The Kier molecular flexibility index (Phi) is 2.97. The highest BCUT2D eigenvalue weighted by molar-refractivity contribution is 5.96. The maximum atomic E-state index is 13.2. The van der Waals surface area contributed by atoms with E-state index in [1.807, 2.05) is 38.5 Å². The number of pyridine rings is 2. The summed E-state index contributed by atoms with van der Waals surface area (Å²) in [6.45, 7) is 1.95. The third kappa shape index (κ3) is 2.28. The molecule has 1 N–H and O–H groups in total. The second-order valence-electron chi connectivity index (χ2n) is 5.48. The molecule has 4 heterocycles. The van der Waals surface area contributed by atoms with Crippen LogP contribution in [-0.2, 0) is 7.05 Å². The number of rotatable bonds is 2. The normalized spacial score (nSPS) is 11.3. The number of halogens is 1. The van der Waals surface area contributed by atoms with Crippen LogP contribution < -0.4 is 0 Å². The van der Waals surface area contributed by atoms with E-state index < -0.39 is 0 Å². The van der Waals surface area contributed by atoms with E-state index in [1.165, 1.54) is 12.3 Å². The molecule has 0 saturated heterocycles. The van der Waals surface area contributed by atoms with Crippen molar-refractivity contribution in [2.24, 2.45) is 7.05 Å². The SMILES string of the molecule is Cc1cc(-c2cn(C)nc2-c2ccc(F)cn2)c2cc[nH]c2n1. The van der Waals surface area contributed by atoms with Crippen LogP contribution >= 0.6 is 0 Å². The summed E-state index contributed by atoms with van der Waals surface area (Å²) in [5.41, 5.74) is 5.09. The Bertz CT molecular complexity index is 998. The molecule has 0 aliphatic heterocycles. The average molecular weight is 307 g/mol. The zero-order valence-electron chi connectivity index (χ0n) is 12.7. The van der Waals surface area contributed by atoms with Crippen molar-refractivity contribution in [2.45, 2.75) is 6.92 Å². The molecule has 23 heavy (non-hydrogen) atoms. The number of aromatic amines is 1. The van der Waals surface area contributed by atoms with Gasteiger partial charge in [0, 0.05) is 36.1 Å². The Morgan fingerprint density at radius 3 is 2.83 bits per heavy atom. The van der Waals surface area contributed by atoms with Gasteiger partial charge in [0.05, 0.1) is 11.9 Å². The third-order valence-corrected chi connectivity index (χ3v) is 3.75. The summed E-state index contributed by atoms with van der Waals surface area (Å²) in [7, 11) is 1.86. The molecule has 0 aliphatic rings. The fourth-order valence-corrected chi connectivity index (χ4v) is 2.78. The van der Waals surface area contributed by atoms with E-state index in [2.05, 4.69) is 20.1 Å². The molecule has 0 saturated carbocycles. The van der Waals surface area contributed by atoms with Crippen LogP contribution in [-0.4, -0.2) is 24.7 Å². The Morgan fingerprint density at radius 2 is 2.04 bits per heavy atom. The van der Waals surface area contributed by atoms with Gasteiger partial charge in [-0.15, -0.1) is 0 Å². The van der Waals surface area contributed by atoms with E-state index in [0.29, 0.717) is 5.69 Å². The largest absolute Gasteiger partial charge is 0.346 e. The summed E-state index contributed by atoms with van der Waals surface area (Å²) >= 11 is 0. The smallest absolute Gasteiger partial charge is 0.141 e. The van der Waals surface area contributed by atoms with Gasteiger partial charge in [-0.3, -0.25) is 9.67 Å². The molecule has 5 nitrogen and oxygen atoms in total. The monoisotopic (exact) mass is 307 g/mol. The lowest BCUT2D eigenvalue weighted by molar-refractivity contribution is 0.621. The van der Waals surface area contributed by atoms with E-state index in [-0.39, 0.29) is 5.82 Å². The molecule has 0 bridgehead atoms. The van der Waals surface area contributed by atoms with Crippen molar-refractivity contribution in [1.82, 2.24) is 24.7 Å². The van der Waals surface area contributed by atoms with Gasteiger partial charge in [-0.05, 0) is 36.8 Å². The highest BCUT2D eigenvalue weighted by atomic mass is 19.1. The van der Waals surface area contributed by atoms with Crippen LogP contribution in [0.5, 0.6) is 0 Å². The summed E-state index contributed by atoms with van der Waals surface area (Å²) < 4.78 is 14.9. The molecule has 0 radical (unpaired) electrons. The first-order chi connectivity index (χ1) is 11.1. The van der Waals surface area contributed by atoms with Crippen molar-refractivity contribution < 1.29 is 4.39 Å². The molecule has 0 spiro atoms. The average Bonchev–Trinajstić information content (AvgIpc) is 3.13. The van der Waals surface area contributed by atoms with Gasteiger partial charge in [-0.2, -0.15) is 5.10 Å². The first-order valence-electron chi connectivity index (χ1n) is 7.22. The zero-order chi connectivity index (χ0) is 16.0. The number of H-pyrrole nitrogens is 1. The minimum Gasteiger partial charge on any atom is -0.346 e. The van der Waals surface area contributed by atoms with E-state index in [0.717, 1.165) is 33.5 Å². The van der Waals surface area contributed by atoms with Gasteiger partial charge in [0.15, 0.2) is 0 Å². The molecule has 4 aromatic rings. The second kappa shape index (κ2) is 5.01. The molecule has 114 valence electrons. The number of hydrogen-bond donors (Lipinski definition) is 1. The van der Waals surface area contributed by atoms with Gasteiger partial charge in [0.2, 0.25) is 0 Å². The van der Waals surface area contributed by atoms with Crippen LogP contribution in [0.2, 0.25) is 0 Å². The number of hydrogen-bond acceptors (Lipinski definition) is 3. The first kappa shape index (κ1) is 13.6. The van der Waals surface area contributed by atoms with E-state index in [4.69, 9.17) is 0 Å². The number of nitrogens with zero attached hydrogens (tertiary/aromatic N) is 4. The topological polar surface area (TPSA) is 59.4 Å². The van der Waals surface area contributed by atoms with Crippen molar-refractivity contribution in [1.29, 1.82) is 0 Å². The molecule has 0 aromatic carbocycles. The molecule has 6 heteroatoms. The van der Waals surface area contributed by atoms with Crippen molar-refractivity contribution in [3.63, 3.8) is 0 Å². The lowest BCUT2D eigenvalue weighted by Crippen LogP contribution is -1.91. The predicted octanol–water partition coefficient (Wildman–Crippen LogP) is 3.47. The zero-order valence-corrected chi connectivity index (χ0v) is 12.7. The number of nitrogens with one attached hydrogen (secondary N) is 1. The second-order valence-corrected chi connectivity index (χ2v) is 5.48. The van der Waals surface area contributed by atoms with Crippen molar-refractivity contribution >= 4 is 11.0 Å². The standard InChI is InChI=1S/C17H14FN5/c1-10-7-13(12-5-6-19-17(12)21-10)14-9-23(2)22-16(14)15-4-3-11(18)8-20-15/h3-9H,1-2H3,(H,19,21). The molecule has 4 aromatic heterocycles. The molecule has 4 rings (SSSR count). The van der Waals surface area contributed by atoms with E-state index in [9.17, 15) is 4.39 Å². The van der Waals surface area contributed by atoms with Gasteiger partial charge in [0.1, 0.15) is 17.2 Å². The molecule has 0 atom stereocenters. The van der Waals surface area contributed by atoms with Crippen LogP contribution in [0.25, 0.3) is 33.5 Å². The summed E-state index contributed by atoms with van der Waals surface area (Å²) in [5.74, 6) is -0.362. The molecule has 0 unspecified atom stereocenters. The van der Waals surface area contributed by atoms with E-state index in [1.54, 1.807) is 10.7 Å². The first-order valence-corrected chi connectivity index (χ1v) is 7.22. The van der Waals surface area contributed by atoms with Crippen LogP contribution in [0.1, 0.15) is 5.69 Å². The maximum Gasteiger partial charge on any atom is 0.141 e. The number of fused-ring (bicyclic) bond motifs is 1. The van der Waals surface area contributed by atoms with Crippen LogP contribution in [0.3, 0.4) is 0 Å². The quantitative estimate of drug-likeness (QED) is 0.617. The fourth-order valence-electron chi connectivity index (χ4n) is 2.78.